The lowest BCUT2D eigenvalue weighted by Gasteiger charge is -2.24. The van der Waals surface area contributed by atoms with E-state index in [1.165, 1.54) is 12.8 Å². The van der Waals surface area contributed by atoms with Crippen LogP contribution in [0.25, 0.3) is 0 Å². The first kappa shape index (κ1) is 13.9. The highest BCUT2D eigenvalue weighted by atomic mass is 16.5. The van der Waals surface area contributed by atoms with Crippen LogP contribution >= 0.6 is 0 Å². The third-order valence-corrected chi connectivity index (χ3v) is 3.23. The third-order valence-electron chi connectivity index (χ3n) is 3.23. The van der Waals surface area contributed by atoms with E-state index in [2.05, 4.69) is 10.6 Å². The van der Waals surface area contributed by atoms with Crippen molar-refractivity contribution in [2.45, 2.75) is 32.2 Å². The molecular weight excluding hydrogens is 240 g/mol. The number of hydrogen-bond acceptors (Lipinski definition) is 4. The van der Waals surface area contributed by atoms with Crippen LogP contribution in [-0.2, 0) is 4.74 Å². The fourth-order valence-corrected chi connectivity index (χ4v) is 2.19. The van der Waals surface area contributed by atoms with Crippen LogP contribution in [0.1, 0.15) is 36.5 Å². The SMILES string of the molecule is CCCOC(=O)c1ccc(NC2CCCNC2)cc1. The van der Waals surface area contributed by atoms with Gasteiger partial charge in [-0.1, -0.05) is 6.92 Å². The van der Waals surface area contributed by atoms with Gasteiger partial charge < -0.3 is 15.4 Å². The first-order valence-corrected chi connectivity index (χ1v) is 7.04. The first-order valence-electron chi connectivity index (χ1n) is 7.04. The van der Waals surface area contributed by atoms with Crippen molar-refractivity contribution in [1.29, 1.82) is 0 Å². The molecule has 0 radical (unpaired) electrons. The summed E-state index contributed by atoms with van der Waals surface area (Å²) < 4.78 is 5.10. The summed E-state index contributed by atoms with van der Waals surface area (Å²) in [5, 5.41) is 6.85. The molecule has 1 fully saturated rings. The Hall–Kier alpha value is -1.55. The van der Waals surface area contributed by atoms with E-state index in [1.54, 1.807) is 0 Å². The summed E-state index contributed by atoms with van der Waals surface area (Å²) >= 11 is 0. The van der Waals surface area contributed by atoms with Gasteiger partial charge in [0.2, 0.25) is 0 Å². The summed E-state index contributed by atoms with van der Waals surface area (Å²) in [4.78, 5) is 11.7. The zero-order valence-corrected chi connectivity index (χ0v) is 11.4. The average Bonchev–Trinajstić information content (AvgIpc) is 2.46. The molecule has 0 aromatic heterocycles. The molecule has 1 aromatic rings. The molecule has 2 rings (SSSR count). The lowest BCUT2D eigenvalue weighted by atomic mass is 10.1. The van der Waals surface area contributed by atoms with Crippen molar-refractivity contribution in [2.24, 2.45) is 0 Å². The molecular formula is C15H22N2O2. The molecule has 0 spiro atoms. The van der Waals surface area contributed by atoms with Gasteiger partial charge in [-0.15, -0.1) is 0 Å². The quantitative estimate of drug-likeness (QED) is 0.800. The van der Waals surface area contributed by atoms with Crippen LogP contribution in [0, 0.1) is 0 Å². The van der Waals surface area contributed by atoms with Gasteiger partial charge >= 0.3 is 5.97 Å². The Morgan fingerprint density at radius 2 is 2.21 bits per heavy atom. The number of rotatable bonds is 5. The van der Waals surface area contributed by atoms with E-state index in [0.717, 1.165) is 25.2 Å². The molecule has 2 N–H and O–H groups in total. The van der Waals surface area contributed by atoms with Crippen molar-refractivity contribution < 1.29 is 9.53 Å². The number of esters is 1. The molecule has 1 aromatic carbocycles. The Kier molecular flexibility index (Phi) is 5.21. The smallest absolute Gasteiger partial charge is 0.338 e. The van der Waals surface area contributed by atoms with Gasteiger partial charge in [-0.25, -0.2) is 4.79 Å². The van der Waals surface area contributed by atoms with Gasteiger partial charge in [0.15, 0.2) is 0 Å². The van der Waals surface area contributed by atoms with Gasteiger partial charge in [0.05, 0.1) is 12.2 Å². The highest BCUT2D eigenvalue weighted by Crippen LogP contribution is 2.14. The Labute approximate surface area is 114 Å². The van der Waals surface area contributed by atoms with Gasteiger partial charge in [0, 0.05) is 18.3 Å². The first-order chi connectivity index (χ1) is 9.29. The Morgan fingerprint density at radius 3 is 2.84 bits per heavy atom. The van der Waals surface area contributed by atoms with E-state index in [0.29, 0.717) is 18.2 Å². The number of piperidine rings is 1. The lowest BCUT2D eigenvalue weighted by molar-refractivity contribution is 0.0505. The molecule has 1 unspecified atom stereocenters. The van der Waals surface area contributed by atoms with Gasteiger partial charge in [-0.3, -0.25) is 0 Å². The molecule has 1 atom stereocenters. The molecule has 19 heavy (non-hydrogen) atoms. The molecule has 1 aliphatic rings. The van der Waals surface area contributed by atoms with Crippen LogP contribution in [-0.4, -0.2) is 31.7 Å². The number of ether oxygens (including phenoxy) is 1. The van der Waals surface area contributed by atoms with E-state index in [-0.39, 0.29) is 5.97 Å². The van der Waals surface area contributed by atoms with Crippen molar-refractivity contribution in [3.05, 3.63) is 29.8 Å². The fraction of sp³-hybridized carbons (Fsp3) is 0.533. The van der Waals surface area contributed by atoms with Crippen LogP contribution in [0.4, 0.5) is 5.69 Å². The van der Waals surface area contributed by atoms with Crippen molar-refractivity contribution in [1.82, 2.24) is 5.32 Å². The van der Waals surface area contributed by atoms with Crippen molar-refractivity contribution in [2.75, 3.05) is 25.0 Å². The second-order valence-corrected chi connectivity index (χ2v) is 4.90. The maximum atomic E-state index is 11.7. The predicted molar refractivity (Wildman–Crippen MR) is 76.5 cm³/mol. The molecule has 0 aliphatic carbocycles. The number of hydrogen-bond donors (Lipinski definition) is 2. The molecule has 1 aliphatic heterocycles. The predicted octanol–water partition coefficient (Wildman–Crippen LogP) is 2.42. The topological polar surface area (TPSA) is 50.4 Å². The molecule has 4 nitrogen and oxygen atoms in total. The summed E-state index contributed by atoms with van der Waals surface area (Å²) in [7, 11) is 0. The number of carbonyl (C=O) groups excluding carboxylic acids is 1. The summed E-state index contributed by atoms with van der Waals surface area (Å²) in [6.07, 6.45) is 3.24. The summed E-state index contributed by atoms with van der Waals surface area (Å²) in [6, 6.07) is 7.99. The van der Waals surface area contributed by atoms with E-state index in [4.69, 9.17) is 4.74 Å². The lowest BCUT2D eigenvalue weighted by Crippen LogP contribution is -2.38. The number of nitrogens with one attached hydrogen (secondary N) is 2. The number of benzene rings is 1. The standard InChI is InChI=1S/C15H22N2O2/c1-2-10-19-15(18)12-5-7-13(8-6-12)17-14-4-3-9-16-11-14/h5-8,14,16-17H,2-4,9-11H2,1H3. The monoisotopic (exact) mass is 262 g/mol. The summed E-state index contributed by atoms with van der Waals surface area (Å²) in [5.41, 5.74) is 1.67. The van der Waals surface area contributed by atoms with Crippen molar-refractivity contribution in [3.63, 3.8) is 0 Å². The second kappa shape index (κ2) is 7.14. The number of anilines is 1. The van der Waals surface area contributed by atoms with Gasteiger partial charge in [0.1, 0.15) is 0 Å². The Morgan fingerprint density at radius 1 is 1.42 bits per heavy atom. The van der Waals surface area contributed by atoms with Crippen LogP contribution in [0.5, 0.6) is 0 Å². The average molecular weight is 262 g/mol. The Bertz CT molecular complexity index is 397. The maximum absolute atomic E-state index is 11.7. The molecule has 1 heterocycles. The minimum Gasteiger partial charge on any atom is -0.462 e. The van der Waals surface area contributed by atoms with E-state index in [1.807, 2.05) is 31.2 Å². The van der Waals surface area contributed by atoms with Gasteiger partial charge in [-0.05, 0) is 50.1 Å². The molecule has 0 bridgehead atoms. The summed E-state index contributed by atoms with van der Waals surface area (Å²) in [6.45, 7) is 4.58. The van der Waals surface area contributed by atoms with Crippen LogP contribution in [0.2, 0.25) is 0 Å². The van der Waals surface area contributed by atoms with Crippen LogP contribution < -0.4 is 10.6 Å². The largest absolute Gasteiger partial charge is 0.462 e. The van der Waals surface area contributed by atoms with Gasteiger partial charge in [-0.2, -0.15) is 0 Å². The molecule has 0 saturated carbocycles. The van der Waals surface area contributed by atoms with E-state index in [9.17, 15) is 4.79 Å². The van der Waals surface area contributed by atoms with Gasteiger partial charge in [0.25, 0.3) is 0 Å². The molecule has 1 saturated heterocycles. The summed E-state index contributed by atoms with van der Waals surface area (Å²) in [5.74, 6) is -0.243. The van der Waals surface area contributed by atoms with E-state index < -0.39 is 0 Å². The minimum absolute atomic E-state index is 0.243. The van der Waals surface area contributed by atoms with Crippen LogP contribution in [0.15, 0.2) is 24.3 Å². The van der Waals surface area contributed by atoms with E-state index >= 15 is 0 Å². The maximum Gasteiger partial charge on any atom is 0.338 e. The highest BCUT2D eigenvalue weighted by Gasteiger charge is 2.12. The molecule has 104 valence electrons. The molecule has 4 heteroatoms. The molecule has 0 amide bonds. The number of carbonyl (C=O) groups is 1. The van der Waals surface area contributed by atoms with Crippen molar-refractivity contribution >= 4 is 11.7 Å². The second-order valence-electron chi connectivity index (χ2n) is 4.90. The minimum atomic E-state index is -0.243. The highest BCUT2D eigenvalue weighted by molar-refractivity contribution is 5.89. The third kappa shape index (κ3) is 4.24. The zero-order chi connectivity index (χ0) is 13.5. The Balaban J connectivity index is 1.88. The fourth-order valence-electron chi connectivity index (χ4n) is 2.19. The van der Waals surface area contributed by atoms with Crippen molar-refractivity contribution in [3.8, 4) is 0 Å². The van der Waals surface area contributed by atoms with Crippen LogP contribution in [0.3, 0.4) is 0 Å². The normalized spacial score (nSPS) is 18.9. The zero-order valence-electron chi connectivity index (χ0n) is 11.4.